The van der Waals surface area contributed by atoms with Gasteiger partial charge in [-0.3, -0.25) is 9.89 Å². The Labute approximate surface area is 208 Å². The molecule has 1 aliphatic heterocycles. The largest absolute Gasteiger partial charge is 0.469 e. The molecule has 0 atom stereocenters. The molecule has 4 heterocycles. The monoisotopic (exact) mass is 494 g/mol. The Balaban J connectivity index is 1.43. The van der Waals surface area contributed by atoms with Crippen LogP contribution in [0.1, 0.15) is 24.1 Å². The summed E-state index contributed by atoms with van der Waals surface area (Å²) in [4.78, 5) is 27.2. The molecule has 0 amide bonds. The standard InChI is InChI=1S/C25H30N6O3S/c1-30(9-4-3-8-22(32)33-2)16-17-14-21-23(35-17)25(31-10-12-34-13-11-31)28-24(27-21)18-6-5-7-20-19(18)15-26-29-20/h5-7,14-15H,3-4,8-13,16H2,1-2H3,(H,26,29). The Morgan fingerprint density at radius 2 is 2.11 bits per heavy atom. The lowest BCUT2D eigenvalue weighted by molar-refractivity contribution is -0.140. The number of carbonyl (C=O) groups is 1. The van der Waals surface area contributed by atoms with Crippen LogP contribution in [0.15, 0.2) is 30.5 Å². The van der Waals surface area contributed by atoms with E-state index in [1.807, 2.05) is 18.3 Å². The van der Waals surface area contributed by atoms with Gasteiger partial charge in [-0.1, -0.05) is 12.1 Å². The van der Waals surface area contributed by atoms with Gasteiger partial charge in [-0.25, -0.2) is 9.97 Å². The second-order valence-electron chi connectivity index (χ2n) is 8.81. The zero-order valence-electron chi connectivity index (χ0n) is 20.1. The lowest BCUT2D eigenvalue weighted by Gasteiger charge is -2.28. The number of nitrogens with zero attached hydrogens (tertiary/aromatic N) is 5. The zero-order valence-corrected chi connectivity index (χ0v) is 20.9. The predicted octanol–water partition coefficient (Wildman–Crippen LogP) is 3.85. The first kappa shape index (κ1) is 23.7. The van der Waals surface area contributed by atoms with E-state index in [1.165, 1.54) is 12.0 Å². The fourth-order valence-electron chi connectivity index (χ4n) is 4.41. The second-order valence-corrected chi connectivity index (χ2v) is 9.94. The second kappa shape index (κ2) is 10.7. The van der Waals surface area contributed by atoms with E-state index in [-0.39, 0.29) is 5.97 Å². The molecule has 1 saturated heterocycles. The number of hydrogen-bond acceptors (Lipinski definition) is 9. The van der Waals surface area contributed by atoms with Gasteiger partial charge in [-0.2, -0.15) is 5.10 Å². The number of aromatic nitrogens is 4. The minimum atomic E-state index is -0.145. The van der Waals surface area contributed by atoms with Crippen LogP contribution in [0.25, 0.3) is 32.5 Å². The van der Waals surface area contributed by atoms with Crippen molar-refractivity contribution in [3.8, 4) is 11.4 Å². The summed E-state index contributed by atoms with van der Waals surface area (Å²) in [6.45, 7) is 4.77. The fourth-order valence-corrected chi connectivity index (χ4v) is 5.61. The van der Waals surface area contributed by atoms with Gasteiger partial charge in [0.2, 0.25) is 0 Å². The highest BCUT2D eigenvalue weighted by Crippen LogP contribution is 2.36. The van der Waals surface area contributed by atoms with Gasteiger partial charge < -0.3 is 19.3 Å². The maximum Gasteiger partial charge on any atom is 0.305 e. The SMILES string of the molecule is COC(=O)CCCCN(C)Cc1cc2nc(-c3cccc4[nH]ncc34)nc(N3CCOCC3)c2s1. The number of fused-ring (bicyclic) bond motifs is 2. The number of ether oxygens (including phenoxy) is 2. The molecule has 0 unspecified atom stereocenters. The minimum Gasteiger partial charge on any atom is -0.469 e. The third kappa shape index (κ3) is 5.29. The van der Waals surface area contributed by atoms with E-state index in [0.717, 1.165) is 71.5 Å². The average Bonchev–Trinajstić information content (AvgIpc) is 3.52. The van der Waals surface area contributed by atoms with E-state index < -0.39 is 0 Å². The third-order valence-electron chi connectivity index (χ3n) is 6.27. The lowest BCUT2D eigenvalue weighted by Crippen LogP contribution is -2.36. The van der Waals surface area contributed by atoms with Gasteiger partial charge >= 0.3 is 5.97 Å². The van der Waals surface area contributed by atoms with Crippen molar-refractivity contribution in [3.63, 3.8) is 0 Å². The van der Waals surface area contributed by atoms with Gasteiger partial charge in [0, 0.05) is 41.9 Å². The molecule has 0 saturated carbocycles. The van der Waals surface area contributed by atoms with Crippen LogP contribution in [0, 0.1) is 0 Å². The molecule has 1 aromatic carbocycles. The van der Waals surface area contributed by atoms with Gasteiger partial charge in [-0.15, -0.1) is 11.3 Å². The molecule has 0 bridgehead atoms. The van der Waals surface area contributed by atoms with Crippen molar-refractivity contribution < 1.29 is 14.3 Å². The quantitative estimate of drug-likeness (QED) is 0.277. The summed E-state index contributed by atoms with van der Waals surface area (Å²) in [5, 5.41) is 8.26. The Kier molecular flexibility index (Phi) is 7.21. The van der Waals surface area contributed by atoms with Crippen LogP contribution in [-0.2, 0) is 20.8 Å². The van der Waals surface area contributed by atoms with E-state index >= 15 is 0 Å². The summed E-state index contributed by atoms with van der Waals surface area (Å²) < 4.78 is 11.4. The molecule has 10 heteroatoms. The van der Waals surface area contributed by atoms with E-state index in [1.54, 1.807) is 11.3 Å². The number of morpholine rings is 1. The van der Waals surface area contributed by atoms with Crippen molar-refractivity contribution in [2.75, 3.05) is 51.9 Å². The van der Waals surface area contributed by atoms with Gasteiger partial charge in [0.1, 0.15) is 0 Å². The summed E-state index contributed by atoms with van der Waals surface area (Å²) in [6, 6.07) is 8.26. The number of unbranched alkanes of at least 4 members (excludes halogenated alkanes) is 1. The number of rotatable bonds is 9. The molecule has 1 N–H and O–H groups in total. The van der Waals surface area contributed by atoms with Crippen LogP contribution in [0.4, 0.5) is 5.82 Å². The number of aromatic amines is 1. The van der Waals surface area contributed by atoms with Gasteiger partial charge in [0.05, 0.1) is 42.3 Å². The molecule has 0 spiro atoms. The molecule has 5 rings (SSSR count). The van der Waals surface area contributed by atoms with Crippen LogP contribution in [0.3, 0.4) is 0 Å². The van der Waals surface area contributed by atoms with E-state index in [9.17, 15) is 4.79 Å². The summed E-state index contributed by atoms with van der Waals surface area (Å²) in [5.74, 6) is 1.55. The topological polar surface area (TPSA) is 96.5 Å². The molecular weight excluding hydrogens is 464 g/mol. The number of carbonyl (C=O) groups excluding carboxylic acids is 1. The van der Waals surface area contributed by atoms with Crippen LogP contribution in [0.5, 0.6) is 0 Å². The van der Waals surface area contributed by atoms with E-state index in [0.29, 0.717) is 25.5 Å². The number of thiophene rings is 1. The fraction of sp³-hybridized carbons (Fsp3) is 0.440. The normalized spacial score (nSPS) is 14.3. The summed E-state index contributed by atoms with van der Waals surface area (Å²) in [6.07, 6.45) is 4.09. The molecule has 3 aromatic heterocycles. The molecule has 9 nitrogen and oxygen atoms in total. The molecule has 184 valence electrons. The highest BCUT2D eigenvalue weighted by atomic mass is 32.1. The molecule has 0 aliphatic carbocycles. The van der Waals surface area contributed by atoms with Crippen molar-refractivity contribution in [2.45, 2.75) is 25.8 Å². The first-order chi connectivity index (χ1) is 17.1. The maximum atomic E-state index is 11.3. The summed E-state index contributed by atoms with van der Waals surface area (Å²) >= 11 is 1.76. The average molecular weight is 495 g/mol. The predicted molar refractivity (Wildman–Crippen MR) is 138 cm³/mol. The van der Waals surface area contributed by atoms with Crippen molar-refractivity contribution in [1.82, 2.24) is 25.1 Å². The van der Waals surface area contributed by atoms with Crippen LogP contribution in [-0.4, -0.2) is 78.0 Å². The number of hydrogen-bond donors (Lipinski definition) is 1. The first-order valence-corrected chi connectivity index (χ1v) is 12.7. The zero-order chi connectivity index (χ0) is 24.2. The number of methoxy groups -OCH3 is 1. The molecule has 4 aromatic rings. The van der Waals surface area contributed by atoms with Gasteiger partial charge in [0.15, 0.2) is 11.6 Å². The van der Waals surface area contributed by atoms with Crippen molar-refractivity contribution in [2.24, 2.45) is 0 Å². The molecule has 0 radical (unpaired) electrons. The number of nitrogens with one attached hydrogen (secondary N) is 1. The van der Waals surface area contributed by atoms with E-state index in [4.69, 9.17) is 19.4 Å². The first-order valence-electron chi connectivity index (χ1n) is 11.9. The van der Waals surface area contributed by atoms with Gasteiger partial charge in [-0.05, 0) is 38.6 Å². The maximum absolute atomic E-state index is 11.3. The Morgan fingerprint density at radius 1 is 1.26 bits per heavy atom. The molecule has 1 fully saturated rings. The highest BCUT2D eigenvalue weighted by Gasteiger charge is 2.21. The smallest absolute Gasteiger partial charge is 0.305 e. The van der Waals surface area contributed by atoms with Crippen LogP contribution >= 0.6 is 11.3 Å². The number of anilines is 1. The third-order valence-corrected chi connectivity index (χ3v) is 7.37. The highest BCUT2D eigenvalue weighted by molar-refractivity contribution is 7.19. The lowest BCUT2D eigenvalue weighted by atomic mass is 10.1. The molecular formula is C25H30N6O3S. The molecule has 1 aliphatic rings. The van der Waals surface area contributed by atoms with Crippen LogP contribution < -0.4 is 4.90 Å². The van der Waals surface area contributed by atoms with Crippen molar-refractivity contribution in [3.05, 3.63) is 35.3 Å². The van der Waals surface area contributed by atoms with Crippen molar-refractivity contribution in [1.29, 1.82) is 0 Å². The molecule has 35 heavy (non-hydrogen) atoms. The Morgan fingerprint density at radius 3 is 2.94 bits per heavy atom. The number of H-pyrrole nitrogens is 1. The summed E-state index contributed by atoms with van der Waals surface area (Å²) in [7, 11) is 3.55. The number of esters is 1. The van der Waals surface area contributed by atoms with Gasteiger partial charge in [0.25, 0.3) is 0 Å². The van der Waals surface area contributed by atoms with E-state index in [2.05, 4.69) is 39.2 Å². The summed E-state index contributed by atoms with van der Waals surface area (Å²) in [5.41, 5.74) is 2.91. The number of benzene rings is 1. The Hall–Kier alpha value is -3.08. The van der Waals surface area contributed by atoms with Crippen LogP contribution in [0.2, 0.25) is 0 Å². The minimum absolute atomic E-state index is 0.145. The Bertz CT molecular complexity index is 1310. The van der Waals surface area contributed by atoms with Crippen molar-refractivity contribution >= 4 is 44.2 Å².